The van der Waals surface area contributed by atoms with E-state index < -0.39 is 9.84 Å². The second-order valence-electron chi connectivity index (χ2n) is 8.63. The Labute approximate surface area is 211 Å². The molecule has 0 saturated carbocycles. The Hall–Kier alpha value is -3.57. The Morgan fingerprint density at radius 2 is 1.81 bits per heavy atom. The molecule has 1 aliphatic rings. The molecule has 3 aromatic rings. The standard InChI is InChI=1S/C25H30N6O4S/c1-4-13-26-25(32)27-19-11-9-18(10-12-19)22-28-23(20-7-5-6-8-21(20)36(3,33)34)30-24(29-22)31-14-15-35-16-17(31)2/h5-12,17H,4,13-16H2,1-3H3,(H2,26,27,32)/t17-/m0/s1. The topological polar surface area (TPSA) is 126 Å². The Morgan fingerprint density at radius 1 is 1.08 bits per heavy atom. The lowest BCUT2D eigenvalue weighted by molar-refractivity contribution is 0.0981. The molecule has 1 aromatic heterocycles. The molecule has 0 aliphatic carbocycles. The first-order valence-electron chi connectivity index (χ1n) is 11.8. The molecule has 2 aromatic carbocycles. The van der Waals surface area contributed by atoms with Crippen molar-refractivity contribution in [1.82, 2.24) is 20.3 Å². The zero-order valence-electron chi connectivity index (χ0n) is 20.6. The monoisotopic (exact) mass is 510 g/mol. The van der Waals surface area contributed by atoms with Crippen molar-refractivity contribution in [3.05, 3.63) is 48.5 Å². The molecule has 1 aliphatic heterocycles. The number of anilines is 2. The van der Waals surface area contributed by atoms with E-state index in [0.717, 1.165) is 6.42 Å². The van der Waals surface area contributed by atoms with E-state index in [1.807, 2.05) is 30.9 Å². The fraction of sp³-hybridized carbons (Fsp3) is 0.360. The molecular weight excluding hydrogens is 480 g/mol. The molecule has 2 amide bonds. The van der Waals surface area contributed by atoms with Crippen LogP contribution in [0.25, 0.3) is 22.8 Å². The van der Waals surface area contributed by atoms with Gasteiger partial charge in [0.05, 0.1) is 24.2 Å². The predicted octanol–water partition coefficient (Wildman–Crippen LogP) is 3.37. The van der Waals surface area contributed by atoms with E-state index in [1.165, 1.54) is 6.26 Å². The largest absolute Gasteiger partial charge is 0.377 e. The second-order valence-corrected chi connectivity index (χ2v) is 10.6. The van der Waals surface area contributed by atoms with E-state index in [0.29, 0.717) is 54.9 Å². The molecule has 11 heteroatoms. The van der Waals surface area contributed by atoms with Gasteiger partial charge >= 0.3 is 6.03 Å². The summed E-state index contributed by atoms with van der Waals surface area (Å²) in [4.78, 5) is 28.2. The third kappa shape index (κ3) is 5.97. The van der Waals surface area contributed by atoms with Crippen LogP contribution in [0.3, 0.4) is 0 Å². The van der Waals surface area contributed by atoms with Crippen LogP contribution in [0.2, 0.25) is 0 Å². The van der Waals surface area contributed by atoms with Gasteiger partial charge in [-0.1, -0.05) is 19.1 Å². The molecular formula is C25H30N6O4S. The van der Waals surface area contributed by atoms with Crippen molar-refractivity contribution >= 4 is 27.5 Å². The summed E-state index contributed by atoms with van der Waals surface area (Å²) < 4.78 is 30.5. The van der Waals surface area contributed by atoms with Crippen LogP contribution in [0.4, 0.5) is 16.4 Å². The molecule has 1 fully saturated rings. The lowest BCUT2D eigenvalue weighted by atomic mass is 10.1. The number of carbonyl (C=O) groups is 1. The minimum atomic E-state index is -3.51. The summed E-state index contributed by atoms with van der Waals surface area (Å²) in [5.74, 6) is 1.13. The van der Waals surface area contributed by atoms with Crippen LogP contribution in [0.15, 0.2) is 53.4 Å². The molecule has 0 bridgehead atoms. The SMILES string of the molecule is CCCNC(=O)Nc1ccc(-c2nc(-c3ccccc3S(C)(=O)=O)nc(N3CCOC[C@@H]3C)n2)cc1. The van der Waals surface area contributed by atoms with Crippen molar-refractivity contribution in [3.63, 3.8) is 0 Å². The molecule has 4 rings (SSSR count). The van der Waals surface area contributed by atoms with Gasteiger partial charge in [-0.15, -0.1) is 0 Å². The highest BCUT2D eigenvalue weighted by atomic mass is 32.2. The quantitative estimate of drug-likeness (QED) is 0.495. The lowest BCUT2D eigenvalue weighted by Crippen LogP contribution is -2.44. The number of ether oxygens (including phenoxy) is 1. The van der Waals surface area contributed by atoms with E-state index in [-0.39, 0.29) is 22.8 Å². The molecule has 36 heavy (non-hydrogen) atoms. The zero-order valence-corrected chi connectivity index (χ0v) is 21.4. The number of rotatable bonds is 7. The van der Waals surface area contributed by atoms with E-state index in [1.54, 1.807) is 36.4 Å². The molecule has 190 valence electrons. The number of nitrogens with one attached hydrogen (secondary N) is 2. The van der Waals surface area contributed by atoms with Crippen molar-refractivity contribution in [2.75, 3.05) is 42.8 Å². The number of benzene rings is 2. The number of hydrogen-bond acceptors (Lipinski definition) is 8. The van der Waals surface area contributed by atoms with Gasteiger partial charge in [-0.3, -0.25) is 0 Å². The van der Waals surface area contributed by atoms with E-state index >= 15 is 0 Å². The minimum Gasteiger partial charge on any atom is -0.377 e. The van der Waals surface area contributed by atoms with Crippen molar-refractivity contribution in [1.29, 1.82) is 0 Å². The maximum Gasteiger partial charge on any atom is 0.319 e. The van der Waals surface area contributed by atoms with E-state index in [4.69, 9.17) is 9.72 Å². The Bertz CT molecular complexity index is 1330. The third-order valence-corrected chi connectivity index (χ3v) is 6.87. The molecule has 0 radical (unpaired) electrons. The molecule has 0 spiro atoms. The number of amides is 2. The number of hydrogen-bond donors (Lipinski definition) is 2. The summed E-state index contributed by atoms with van der Waals surface area (Å²) in [5, 5.41) is 5.56. The van der Waals surface area contributed by atoms with Crippen molar-refractivity contribution < 1.29 is 17.9 Å². The van der Waals surface area contributed by atoms with Gasteiger partial charge in [-0.2, -0.15) is 9.97 Å². The summed E-state index contributed by atoms with van der Waals surface area (Å²) in [5.41, 5.74) is 1.75. The number of morpholine rings is 1. The summed E-state index contributed by atoms with van der Waals surface area (Å²) in [7, 11) is -3.51. The summed E-state index contributed by atoms with van der Waals surface area (Å²) in [6.45, 7) is 6.29. The number of sulfone groups is 1. The summed E-state index contributed by atoms with van der Waals surface area (Å²) >= 11 is 0. The molecule has 2 N–H and O–H groups in total. The molecule has 0 unspecified atom stereocenters. The highest BCUT2D eigenvalue weighted by Crippen LogP contribution is 2.29. The number of nitrogens with zero attached hydrogens (tertiary/aromatic N) is 4. The molecule has 10 nitrogen and oxygen atoms in total. The van der Waals surface area contributed by atoms with Crippen LogP contribution in [0, 0.1) is 0 Å². The van der Waals surface area contributed by atoms with Crippen molar-refractivity contribution in [2.24, 2.45) is 0 Å². The summed E-state index contributed by atoms with van der Waals surface area (Å²) in [6.07, 6.45) is 2.02. The van der Waals surface area contributed by atoms with Gasteiger partial charge in [-0.05, 0) is 49.7 Å². The second kappa shape index (κ2) is 11.0. The normalized spacial score (nSPS) is 16.0. The lowest BCUT2D eigenvalue weighted by Gasteiger charge is -2.33. The highest BCUT2D eigenvalue weighted by Gasteiger charge is 2.25. The Balaban J connectivity index is 1.76. The van der Waals surface area contributed by atoms with Gasteiger partial charge in [0.1, 0.15) is 0 Å². The number of aromatic nitrogens is 3. The van der Waals surface area contributed by atoms with Crippen LogP contribution < -0.4 is 15.5 Å². The fourth-order valence-corrected chi connectivity index (χ4v) is 4.74. The van der Waals surface area contributed by atoms with Crippen LogP contribution in [0.1, 0.15) is 20.3 Å². The minimum absolute atomic E-state index is 0.0419. The first kappa shape index (κ1) is 25.5. The van der Waals surface area contributed by atoms with E-state index in [9.17, 15) is 13.2 Å². The molecule has 1 saturated heterocycles. The average molecular weight is 511 g/mol. The Morgan fingerprint density at radius 3 is 2.50 bits per heavy atom. The first-order chi connectivity index (χ1) is 17.3. The summed E-state index contributed by atoms with van der Waals surface area (Å²) in [6, 6.07) is 13.6. The maximum absolute atomic E-state index is 12.5. The van der Waals surface area contributed by atoms with Gasteiger partial charge in [0.25, 0.3) is 0 Å². The van der Waals surface area contributed by atoms with Crippen LogP contribution in [-0.2, 0) is 14.6 Å². The van der Waals surface area contributed by atoms with Crippen LogP contribution in [-0.4, -0.2) is 68.0 Å². The maximum atomic E-state index is 12.5. The van der Waals surface area contributed by atoms with Gasteiger partial charge in [-0.25, -0.2) is 18.2 Å². The number of carbonyl (C=O) groups excluding carboxylic acids is 1. The van der Waals surface area contributed by atoms with E-state index in [2.05, 4.69) is 20.6 Å². The fourth-order valence-electron chi connectivity index (χ4n) is 3.86. The average Bonchev–Trinajstić information content (AvgIpc) is 2.87. The third-order valence-electron chi connectivity index (χ3n) is 5.71. The van der Waals surface area contributed by atoms with Gasteiger partial charge in [0, 0.05) is 36.2 Å². The predicted molar refractivity (Wildman–Crippen MR) is 139 cm³/mol. The smallest absolute Gasteiger partial charge is 0.319 e. The highest BCUT2D eigenvalue weighted by molar-refractivity contribution is 7.90. The molecule has 1 atom stereocenters. The number of urea groups is 1. The zero-order chi connectivity index (χ0) is 25.7. The van der Waals surface area contributed by atoms with Crippen LogP contribution >= 0.6 is 0 Å². The van der Waals surface area contributed by atoms with Crippen molar-refractivity contribution in [3.8, 4) is 22.8 Å². The Kier molecular flexibility index (Phi) is 7.80. The first-order valence-corrected chi connectivity index (χ1v) is 13.7. The van der Waals surface area contributed by atoms with Gasteiger partial charge in [0.2, 0.25) is 5.95 Å². The van der Waals surface area contributed by atoms with Crippen LogP contribution in [0.5, 0.6) is 0 Å². The molecule has 2 heterocycles. The van der Waals surface area contributed by atoms with Gasteiger partial charge in [0.15, 0.2) is 21.5 Å². The van der Waals surface area contributed by atoms with Gasteiger partial charge < -0.3 is 20.3 Å². The van der Waals surface area contributed by atoms with Crippen molar-refractivity contribution in [2.45, 2.75) is 31.2 Å².